The van der Waals surface area contributed by atoms with Crippen LogP contribution in [0.5, 0.6) is 5.75 Å². The Labute approximate surface area is 95.1 Å². The predicted octanol–water partition coefficient (Wildman–Crippen LogP) is 1.94. The van der Waals surface area contributed by atoms with Crippen molar-refractivity contribution in [2.45, 2.75) is 13.8 Å². The van der Waals surface area contributed by atoms with E-state index in [1.807, 2.05) is 17.9 Å². The Morgan fingerprint density at radius 2 is 2.19 bits per heavy atom. The molecule has 0 spiro atoms. The molecule has 4 heteroatoms. The molecule has 0 aromatic heterocycles. The van der Waals surface area contributed by atoms with Gasteiger partial charge in [-0.3, -0.25) is 4.79 Å². The van der Waals surface area contributed by atoms with Crippen molar-refractivity contribution in [2.24, 2.45) is 5.92 Å². The first kappa shape index (κ1) is 12.4. The Bertz CT molecular complexity index is 365. The van der Waals surface area contributed by atoms with E-state index in [0.717, 1.165) is 5.69 Å². The van der Waals surface area contributed by atoms with Crippen LogP contribution in [-0.2, 0) is 4.79 Å². The van der Waals surface area contributed by atoms with E-state index < -0.39 is 11.9 Å². The normalized spacial score (nSPS) is 12.1. The fourth-order valence-corrected chi connectivity index (χ4v) is 1.52. The minimum atomic E-state index is -0.807. The third-order valence-corrected chi connectivity index (χ3v) is 2.49. The lowest BCUT2D eigenvalue weighted by Crippen LogP contribution is -2.31. The highest BCUT2D eigenvalue weighted by molar-refractivity contribution is 5.70. The number of nitrogens with zero attached hydrogens (tertiary/aromatic N) is 1. The maximum atomic E-state index is 10.8. The van der Waals surface area contributed by atoms with Gasteiger partial charge in [0.25, 0.3) is 0 Å². The first-order valence-corrected chi connectivity index (χ1v) is 5.31. The fraction of sp³-hybridized carbons (Fsp3) is 0.417. The summed E-state index contributed by atoms with van der Waals surface area (Å²) in [7, 11) is 0. The standard InChI is InChI=1S/C12H17NO3/c1-3-13(8-9(2)12(15)16)10-5-4-6-11(14)7-10/h4-7,9,14H,3,8H2,1-2H3,(H,15,16). The Kier molecular flexibility index (Phi) is 4.17. The van der Waals surface area contributed by atoms with E-state index in [4.69, 9.17) is 5.11 Å². The van der Waals surface area contributed by atoms with Gasteiger partial charge in [0.15, 0.2) is 0 Å². The first-order valence-electron chi connectivity index (χ1n) is 5.31. The zero-order chi connectivity index (χ0) is 12.1. The average molecular weight is 223 g/mol. The summed E-state index contributed by atoms with van der Waals surface area (Å²) >= 11 is 0. The van der Waals surface area contributed by atoms with Crippen molar-refractivity contribution in [3.63, 3.8) is 0 Å². The van der Waals surface area contributed by atoms with Gasteiger partial charge in [-0.05, 0) is 19.1 Å². The molecule has 1 aromatic carbocycles. The number of phenolic OH excluding ortho intramolecular Hbond substituents is 1. The largest absolute Gasteiger partial charge is 0.508 e. The zero-order valence-corrected chi connectivity index (χ0v) is 9.55. The van der Waals surface area contributed by atoms with Crippen molar-refractivity contribution in [3.05, 3.63) is 24.3 Å². The Hall–Kier alpha value is -1.71. The van der Waals surface area contributed by atoms with Crippen molar-refractivity contribution >= 4 is 11.7 Å². The van der Waals surface area contributed by atoms with E-state index in [2.05, 4.69) is 0 Å². The summed E-state index contributed by atoms with van der Waals surface area (Å²) in [6.45, 7) is 4.78. The summed E-state index contributed by atoms with van der Waals surface area (Å²) in [5, 5.41) is 18.2. The summed E-state index contributed by atoms with van der Waals surface area (Å²) in [5.74, 6) is -1.04. The molecule has 0 saturated carbocycles. The molecule has 0 aliphatic carbocycles. The number of carboxylic acid groups (broad SMARTS) is 1. The van der Waals surface area contributed by atoms with Crippen LogP contribution in [0.1, 0.15) is 13.8 Å². The van der Waals surface area contributed by atoms with Crippen LogP contribution in [0.2, 0.25) is 0 Å². The van der Waals surface area contributed by atoms with Gasteiger partial charge >= 0.3 is 5.97 Å². The molecule has 1 unspecified atom stereocenters. The molecule has 0 bridgehead atoms. The molecular formula is C12H17NO3. The molecule has 0 amide bonds. The molecule has 0 aliphatic heterocycles. The van der Waals surface area contributed by atoms with Gasteiger partial charge in [-0.25, -0.2) is 0 Å². The Morgan fingerprint density at radius 1 is 1.50 bits per heavy atom. The molecule has 1 atom stereocenters. The highest BCUT2D eigenvalue weighted by Gasteiger charge is 2.15. The lowest BCUT2D eigenvalue weighted by molar-refractivity contribution is -0.140. The van der Waals surface area contributed by atoms with Crippen LogP contribution in [0.25, 0.3) is 0 Å². The first-order chi connectivity index (χ1) is 7.54. The molecule has 16 heavy (non-hydrogen) atoms. The van der Waals surface area contributed by atoms with E-state index in [1.165, 1.54) is 0 Å². The summed E-state index contributed by atoms with van der Waals surface area (Å²) < 4.78 is 0. The van der Waals surface area contributed by atoms with Crippen molar-refractivity contribution in [1.29, 1.82) is 0 Å². The third-order valence-electron chi connectivity index (χ3n) is 2.49. The SMILES string of the molecule is CCN(CC(C)C(=O)O)c1cccc(O)c1. The van der Waals surface area contributed by atoms with Crippen LogP contribution in [0.4, 0.5) is 5.69 Å². The predicted molar refractivity (Wildman–Crippen MR) is 62.8 cm³/mol. The number of phenols is 1. The molecule has 88 valence electrons. The molecule has 2 N–H and O–H groups in total. The van der Waals surface area contributed by atoms with E-state index in [0.29, 0.717) is 13.1 Å². The van der Waals surface area contributed by atoms with Gasteiger partial charge in [-0.1, -0.05) is 13.0 Å². The Balaban J connectivity index is 2.78. The second-order valence-electron chi connectivity index (χ2n) is 3.80. The van der Waals surface area contributed by atoms with Gasteiger partial charge in [-0.2, -0.15) is 0 Å². The summed E-state index contributed by atoms with van der Waals surface area (Å²) in [4.78, 5) is 12.7. The van der Waals surface area contributed by atoms with Crippen molar-refractivity contribution in [2.75, 3.05) is 18.0 Å². The van der Waals surface area contributed by atoms with Crippen molar-refractivity contribution in [1.82, 2.24) is 0 Å². The molecule has 4 nitrogen and oxygen atoms in total. The fourth-order valence-electron chi connectivity index (χ4n) is 1.52. The minimum absolute atomic E-state index is 0.193. The van der Waals surface area contributed by atoms with Crippen LogP contribution in [-0.4, -0.2) is 29.3 Å². The molecule has 0 aliphatic rings. The van der Waals surface area contributed by atoms with Crippen LogP contribution < -0.4 is 4.90 Å². The van der Waals surface area contributed by atoms with Crippen molar-refractivity contribution < 1.29 is 15.0 Å². The summed E-state index contributed by atoms with van der Waals surface area (Å²) in [6.07, 6.45) is 0. The number of aliphatic carboxylic acids is 1. The third kappa shape index (κ3) is 3.15. The Morgan fingerprint density at radius 3 is 2.69 bits per heavy atom. The maximum Gasteiger partial charge on any atom is 0.308 e. The number of hydrogen-bond acceptors (Lipinski definition) is 3. The molecule has 0 radical (unpaired) electrons. The van der Waals surface area contributed by atoms with Crippen LogP contribution in [0, 0.1) is 5.92 Å². The van der Waals surface area contributed by atoms with Crippen molar-refractivity contribution in [3.8, 4) is 5.75 Å². The smallest absolute Gasteiger partial charge is 0.308 e. The van der Waals surface area contributed by atoms with Gasteiger partial charge in [0.05, 0.1) is 5.92 Å². The number of hydrogen-bond donors (Lipinski definition) is 2. The molecule has 0 heterocycles. The van der Waals surface area contributed by atoms with E-state index >= 15 is 0 Å². The minimum Gasteiger partial charge on any atom is -0.508 e. The number of aromatic hydroxyl groups is 1. The number of carboxylic acids is 1. The maximum absolute atomic E-state index is 10.8. The van der Waals surface area contributed by atoms with Gasteiger partial charge in [0, 0.05) is 24.8 Å². The number of carbonyl (C=O) groups is 1. The lowest BCUT2D eigenvalue weighted by Gasteiger charge is -2.25. The molecule has 1 aromatic rings. The van der Waals surface area contributed by atoms with E-state index in [-0.39, 0.29) is 5.75 Å². The second-order valence-corrected chi connectivity index (χ2v) is 3.80. The lowest BCUT2D eigenvalue weighted by atomic mass is 10.1. The topological polar surface area (TPSA) is 60.8 Å². The van der Waals surface area contributed by atoms with Gasteiger partial charge in [0.2, 0.25) is 0 Å². The van der Waals surface area contributed by atoms with Gasteiger partial charge < -0.3 is 15.1 Å². The van der Waals surface area contributed by atoms with Gasteiger partial charge in [0.1, 0.15) is 5.75 Å². The number of rotatable bonds is 5. The number of anilines is 1. The highest BCUT2D eigenvalue weighted by Crippen LogP contribution is 2.20. The molecule has 0 saturated heterocycles. The summed E-state index contributed by atoms with van der Waals surface area (Å²) in [5.41, 5.74) is 0.843. The zero-order valence-electron chi connectivity index (χ0n) is 9.55. The monoisotopic (exact) mass is 223 g/mol. The molecular weight excluding hydrogens is 206 g/mol. The molecule has 0 fully saturated rings. The van der Waals surface area contributed by atoms with E-state index in [1.54, 1.807) is 25.1 Å². The van der Waals surface area contributed by atoms with Crippen LogP contribution >= 0.6 is 0 Å². The van der Waals surface area contributed by atoms with Crippen LogP contribution in [0.3, 0.4) is 0 Å². The highest BCUT2D eigenvalue weighted by atomic mass is 16.4. The van der Waals surface area contributed by atoms with E-state index in [9.17, 15) is 9.90 Å². The average Bonchev–Trinajstić information content (AvgIpc) is 2.25. The van der Waals surface area contributed by atoms with Gasteiger partial charge in [-0.15, -0.1) is 0 Å². The number of benzene rings is 1. The van der Waals surface area contributed by atoms with Crippen LogP contribution in [0.15, 0.2) is 24.3 Å². The second kappa shape index (κ2) is 5.39. The summed E-state index contributed by atoms with van der Waals surface area (Å²) in [6, 6.07) is 6.84. The quantitative estimate of drug-likeness (QED) is 0.800. The molecule has 1 rings (SSSR count).